The van der Waals surface area contributed by atoms with Gasteiger partial charge in [-0.25, -0.2) is 9.59 Å². The molecule has 0 aromatic heterocycles. The van der Waals surface area contributed by atoms with Gasteiger partial charge in [0.05, 0.1) is 13.1 Å². The van der Waals surface area contributed by atoms with Crippen molar-refractivity contribution in [3.8, 4) is 23.0 Å². The Hall–Kier alpha value is -3.82. The van der Waals surface area contributed by atoms with E-state index < -0.39 is 0 Å². The molecule has 2 unspecified atom stereocenters. The Kier molecular flexibility index (Phi) is 9.35. The number of ether oxygens (including phenoxy) is 4. The molecule has 2 atom stereocenters. The number of carbonyl (C=O) groups excluding carboxylic acids is 2. The lowest BCUT2D eigenvalue weighted by Gasteiger charge is -2.26. The molecule has 2 heterocycles. The summed E-state index contributed by atoms with van der Waals surface area (Å²) in [5.41, 5.74) is 0. The van der Waals surface area contributed by atoms with Crippen LogP contribution in [-0.4, -0.2) is 63.7 Å². The van der Waals surface area contributed by atoms with Gasteiger partial charge in [-0.15, -0.1) is 0 Å². The van der Waals surface area contributed by atoms with Crippen molar-refractivity contribution in [2.75, 3.05) is 39.4 Å². The van der Waals surface area contributed by atoms with Gasteiger partial charge in [-0.1, -0.05) is 37.1 Å². The number of carbonyl (C=O) groups is 2. The molecular formula is C26H34N4O6. The Labute approximate surface area is 211 Å². The summed E-state index contributed by atoms with van der Waals surface area (Å²) < 4.78 is 22.9. The third kappa shape index (κ3) is 7.86. The van der Waals surface area contributed by atoms with E-state index in [-0.39, 0.29) is 24.3 Å². The van der Waals surface area contributed by atoms with E-state index in [9.17, 15) is 9.59 Å². The molecule has 4 amide bonds. The van der Waals surface area contributed by atoms with Gasteiger partial charge in [-0.3, -0.25) is 0 Å². The monoisotopic (exact) mass is 498 g/mol. The van der Waals surface area contributed by atoms with Crippen LogP contribution in [0.25, 0.3) is 0 Å². The molecule has 10 heteroatoms. The maximum absolute atomic E-state index is 12.0. The maximum atomic E-state index is 12.0. The zero-order valence-corrected chi connectivity index (χ0v) is 20.3. The van der Waals surface area contributed by atoms with Gasteiger partial charge in [-0.2, -0.15) is 0 Å². The number of fused-ring (bicyclic) bond motifs is 2. The lowest BCUT2D eigenvalue weighted by Crippen LogP contribution is -2.44. The van der Waals surface area contributed by atoms with Crippen molar-refractivity contribution >= 4 is 12.1 Å². The summed E-state index contributed by atoms with van der Waals surface area (Å²) in [5, 5.41) is 11.4. The van der Waals surface area contributed by atoms with E-state index in [4.69, 9.17) is 18.9 Å². The van der Waals surface area contributed by atoms with Crippen LogP contribution < -0.4 is 40.2 Å². The quantitative estimate of drug-likeness (QED) is 0.354. The standard InChI is InChI=1S/C26H34N4O6/c31-25(29-15-19-17-33-21-9-3-5-11-23(21)35-19)27-13-7-1-2-8-14-28-26(32)30-16-20-18-34-22-10-4-6-12-24(22)36-20/h3-6,9-12,19-20H,1-2,7-8,13-18H2,(H2,27,29,31)(H2,28,30,32). The third-order valence-corrected chi connectivity index (χ3v) is 5.79. The van der Waals surface area contributed by atoms with E-state index in [1.165, 1.54) is 0 Å². The molecule has 2 aliphatic heterocycles. The summed E-state index contributed by atoms with van der Waals surface area (Å²) >= 11 is 0. The SMILES string of the molecule is O=C(NCCCCCCNC(=O)NCC1COc2ccccc2O1)NCC1COc2ccccc2O1. The highest BCUT2D eigenvalue weighted by atomic mass is 16.6. The molecule has 0 saturated heterocycles. The minimum absolute atomic E-state index is 0.212. The van der Waals surface area contributed by atoms with E-state index in [1.54, 1.807) is 0 Å². The molecule has 4 rings (SSSR count). The molecule has 10 nitrogen and oxygen atoms in total. The Morgan fingerprint density at radius 2 is 1.03 bits per heavy atom. The van der Waals surface area contributed by atoms with Gasteiger partial charge < -0.3 is 40.2 Å². The first-order valence-electron chi connectivity index (χ1n) is 12.5. The molecular weight excluding hydrogens is 464 g/mol. The molecule has 0 spiro atoms. The van der Waals surface area contributed by atoms with Crippen LogP contribution in [0, 0.1) is 0 Å². The lowest BCUT2D eigenvalue weighted by atomic mass is 10.2. The van der Waals surface area contributed by atoms with E-state index in [0.29, 0.717) is 50.9 Å². The Morgan fingerprint density at radius 3 is 1.47 bits per heavy atom. The summed E-state index contributed by atoms with van der Waals surface area (Å²) in [7, 11) is 0. The summed E-state index contributed by atoms with van der Waals surface area (Å²) in [4.78, 5) is 24.0. The highest BCUT2D eigenvalue weighted by Crippen LogP contribution is 2.31. The Balaban J connectivity index is 0.956. The predicted molar refractivity (Wildman–Crippen MR) is 134 cm³/mol. The van der Waals surface area contributed by atoms with Crippen LogP contribution in [0.3, 0.4) is 0 Å². The van der Waals surface area contributed by atoms with Gasteiger partial charge in [-0.05, 0) is 37.1 Å². The van der Waals surface area contributed by atoms with E-state index in [0.717, 1.165) is 37.2 Å². The second-order valence-corrected chi connectivity index (χ2v) is 8.68. The normalized spacial score (nSPS) is 17.6. The van der Waals surface area contributed by atoms with Crippen molar-refractivity contribution in [1.29, 1.82) is 0 Å². The highest BCUT2D eigenvalue weighted by molar-refractivity contribution is 5.74. The minimum atomic E-state index is -0.216. The van der Waals surface area contributed by atoms with E-state index in [1.807, 2.05) is 48.5 Å². The number of hydrogen-bond donors (Lipinski definition) is 4. The van der Waals surface area contributed by atoms with Gasteiger partial charge >= 0.3 is 12.1 Å². The molecule has 194 valence electrons. The van der Waals surface area contributed by atoms with E-state index >= 15 is 0 Å². The number of unbranched alkanes of at least 4 members (excludes halogenated alkanes) is 3. The fourth-order valence-electron chi connectivity index (χ4n) is 3.87. The van der Waals surface area contributed by atoms with Gasteiger partial charge in [0.15, 0.2) is 35.2 Å². The third-order valence-electron chi connectivity index (χ3n) is 5.79. The first-order chi connectivity index (χ1) is 17.7. The minimum Gasteiger partial charge on any atom is -0.486 e. The highest BCUT2D eigenvalue weighted by Gasteiger charge is 2.22. The van der Waals surface area contributed by atoms with Crippen LogP contribution in [0.5, 0.6) is 23.0 Å². The van der Waals surface area contributed by atoms with Gasteiger partial charge in [0.1, 0.15) is 13.2 Å². The molecule has 0 aliphatic carbocycles. The van der Waals surface area contributed by atoms with Crippen molar-refractivity contribution < 1.29 is 28.5 Å². The van der Waals surface area contributed by atoms with Gasteiger partial charge in [0.2, 0.25) is 0 Å². The number of para-hydroxylation sites is 4. The number of benzene rings is 2. The summed E-state index contributed by atoms with van der Waals surface area (Å²) in [6, 6.07) is 14.6. The molecule has 2 aliphatic rings. The Bertz CT molecular complexity index is 924. The average molecular weight is 499 g/mol. The maximum Gasteiger partial charge on any atom is 0.314 e. The smallest absolute Gasteiger partial charge is 0.314 e. The van der Waals surface area contributed by atoms with Crippen LogP contribution in [0.1, 0.15) is 25.7 Å². The van der Waals surface area contributed by atoms with Gasteiger partial charge in [0, 0.05) is 13.1 Å². The van der Waals surface area contributed by atoms with Gasteiger partial charge in [0.25, 0.3) is 0 Å². The van der Waals surface area contributed by atoms with Crippen molar-refractivity contribution in [3.05, 3.63) is 48.5 Å². The van der Waals surface area contributed by atoms with E-state index in [2.05, 4.69) is 21.3 Å². The first-order valence-corrected chi connectivity index (χ1v) is 12.5. The molecule has 36 heavy (non-hydrogen) atoms. The average Bonchev–Trinajstić information content (AvgIpc) is 2.92. The zero-order chi connectivity index (χ0) is 25.0. The first kappa shape index (κ1) is 25.3. The second-order valence-electron chi connectivity index (χ2n) is 8.68. The van der Waals surface area contributed by atoms with Crippen LogP contribution in [0.15, 0.2) is 48.5 Å². The number of nitrogens with one attached hydrogen (secondary N) is 4. The molecule has 2 aromatic carbocycles. The summed E-state index contributed by atoms with van der Waals surface area (Å²) in [5.74, 6) is 2.85. The van der Waals surface area contributed by atoms with Crippen molar-refractivity contribution in [2.24, 2.45) is 0 Å². The topological polar surface area (TPSA) is 119 Å². The number of amides is 4. The van der Waals surface area contributed by atoms with Crippen LogP contribution in [0.4, 0.5) is 9.59 Å². The molecule has 0 bridgehead atoms. The molecule has 2 aromatic rings. The molecule has 4 N–H and O–H groups in total. The van der Waals surface area contributed by atoms with Crippen molar-refractivity contribution in [1.82, 2.24) is 21.3 Å². The summed E-state index contributed by atoms with van der Waals surface area (Å²) in [6.45, 7) is 2.75. The molecule has 0 radical (unpaired) electrons. The fraction of sp³-hybridized carbons (Fsp3) is 0.462. The fourth-order valence-corrected chi connectivity index (χ4v) is 3.87. The van der Waals surface area contributed by atoms with Crippen LogP contribution in [0.2, 0.25) is 0 Å². The largest absolute Gasteiger partial charge is 0.486 e. The summed E-state index contributed by atoms with van der Waals surface area (Å²) in [6.07, 6.45) is 3.25. The second kappa shape index (κ2) is 13.3. The van der Waals surface area contributed by atoms with Crippen LogP contribution >= 0.6 is 0 Å². The molecule has 0 saturated carbocycles. The lowest BCUT2D eigenvalue weighted by molar-refractivity contribution is 0.0918. The number of urea groups is 2. The van der Waals surface area contributed by atoms with Crippen molar-refractivity contribution in [2.45, 2.75) is 37.9 Å². The predicted octanol–water partition coefficient (Wildman–Crippen LogP) is 2.83. The van der Waals surface area contributed by atoms with Crippen LogP contribution in [-0.2, 0) is 0 Å². The van der Waals surface area contributed by atoms with Crippen molar-refractivity contribution in [3.63, 3.8) is 0 Å². The number of rotatable bonds is 11. The Morgan fingerprint density at radius 1 is 0.611 bits per heavy atom. The molecule has 0 fully saturated rings. The zero-order valence-electron chi connectivity index (χ0n) is 20.3. The number of hydrogen-bond acceptors (Lipinski definition) is 6.